The van der Waals surface area contributed by atoms with E-state index < -0.39 is 24.9 Å². The Hall–Kier alpha value is -2.48. The maximum atomic E-state index is 13.2. The monoisotopic (exact) mass is 338 g/mol. The molecule has 2 rings (SSSR count). The van der Waals surface area contributed by atoms with E-state index in [0.29, 0.717) is 6.61 Å². The van der Waals surface area contributed by atoms with Gasteiger partial charge >= 0.3 is 0 Å². The van der Waals surface area contributed by atoms with Crippen molar-refractivity contribution in [1.82, 2.24) is 15.1 Å². The summed E-state index contributed by atoms with van der Waals surface area (Å²) in [6, 6.07) is 9.11. The van der Waals surface area contributed by atoms with Crippen LogP contribution in [-0.4, -0.2) is 41.3 Å². The van der Waals surface area contributed by atoms with Crippen molar-refractivity contribution < 1.29 is 18.3 Å². The number of para-hydroxylation sites is 1. The molecule has 0 aliphatic rings. The molecule has 6 nitrogen and oxygen atoms in total. The van der Waals surface area contributed by atoms with Gasteiger partial charge in [-0.05, 0) is 18.6 Å². The number of benzene rings is 1. The van der Waals surface area contributed by atoms with E-state index in [-0.39, 0.29) is 11.4 Å². The minimum absolute atomic E-state index is 0.0416. The molecule has 0 aliphatic heterocycles. The lowest BCUT2D eigenvalue weighted by atomic mass is 10.3. The van der Waals surface area contributed by atoms with Gasteiger partial charge < -0.3 is 15.8 Å². The molecule has 8 heteroatoms. The zero-order valence-corrected chi connectivity index (χ0v) is 13.3. The maximum Gasteiger partial charge on any atom is 0.277 e. The molecule has 0 radical (unpaired) electrons. The van der Waals surface area contributed by atoms with E-state index in [2.05, 4.69) is 10.4 Å². The van der Waals surface area contributed by atoms with Gasteiger partial charge in [-0.1, -0.05) is 25.1 Å². The zero-order valence-electron chi connectivity index (χ0n) is 13.3. The lowest BCUT2D eigenvalue weighted by molar-refractivity contribution is 0.0117. The number of hydrogen-bond donors (Lipinski definition) is 2. The van der Waals surface area contributed by atoms with Crippen LogP contribution in [0.15, 0.2) is 36.5 Å². The second kappa shape index (κ2) is 7.87. The van der Waals surface area contributed by atoms with Gasteiger partial charge in [-0.15, -0.1) is 0 Å². The van der Waals surface area contributed by atoms with Gasteiger partial charge in [0, 0.05) is 0 Å². The fraction of sp³-hybridized carbons (Fsp3) is 0.375. The number of nitrogens with one attached hydrogen (secondary N) is 1. The normalized spacial score (nSPS) is 11.3. The van der Waals surface area contributed by atoms with Gasteiger partial charge in [0.05, 0.1) is 31.6 Å². The van der Waals surface area contributed by atoms with Crippen molar-refractivity contribution in [2.75, 3.05) is 19.7 Å². The summed E-state index contributed by atoms with van der Waals surface area (Å²) < 4.78 is 33.4. The second-order valence-corrected chi connectivity index (χ2v) is 5.21. The predicted octanol–water partition coefficient (Wildman–Crippen LogP) is 1.98. The fourth-order valence-electron chi connectivity index (χ4n) is 1.91. The van der Waals surface area contributed by atoms with Gasteiger partial charge in [-0.2, -0.15) is 5.10 Å². The molecule has 0 bridgehead atoms. The third-order valence-corrected chi connectivity index (χ3v) is 3.18. The van der Waals surface area contributed by atoms with Crippen LogP contribution in [0.1, 0.15) is 23.8 Å². The molecule has 2 aromatic rings. The van der Waals surface area contributed by atoms with Crippen LogP contribution >= 0.6 is 0 Å². The Bertz CT molecular complexity index is 674. The molecule has 3 N–H and O–H groups in total. The van der Waals surface area contributed by atoms with Crippen molar-refractivity contribution in [1.29, 1.82) is 0 Å². The number of carbonyl (C=O) groups excluding carboxylic acids is 1. The SMILES string of the molecule is CCCOc1cn(-c2ccccc2)nc1C(=O)NCC(F)(F)CN. The summed E-state index contributed by atoms with van der Waals surface area (Å²) in [4.78, 5) is 12.2. The number of nitrogens with zero attached hydrogens (tertiary/aromatic N) is 2. The number of hydrogen-bond acceptors (Lipinski definition) is 4. The standard InChI is InChI=1S/C16H20F2N4O2/c1-2-8-24-13-9-22(12-6-4-3-5-7-12)21-14(13)15(23)20-11-16(17,18)10-19/h3-7,9H,2,8,10-11,19H2,1H3,(H,20,23). The molecule has 0 atom stereocenters. The first-order valence-corrected chi connectivity index (χ1v) is 7.61. The highest BCUT2D eigenvalue weighted by molar-refractivity contribution is 5.95. The van der Waals surface area contributed by atoms with Gasteiger partial charge in [0.1, 0.15) is 0 Å². The van der Waals surface area contributed by atoms with Crippen molar-refractivity contribution in [2.45, 2.75) is 19.3 Å². The largest absolute Gasteiger partial charge is 0.489 e. The number of halogens is 2. The molecule has 0 fully saturated rings. The molecule has 0 aliphatic carbocycles. The summed E-state index contributed by atoms with van der Waals surface area (Å²) in [5.74, 6) is -3.65. The molecular weight excluding hydrogens is 318 g/mol. The predicted molar refractivity (Wildman–Crippen MR) is 85.7 cm³/mol. The molecule has 0 saturated carbocycles. The van der Waals surface area contributed by atoms with E-state index in [4.69, 9.17) is 10.5 Å². The molecule has 0 spiro atoms. The Kier molecular flexibility index (Phi) is 5.86. The van der Waals surface area contributed by atoms with Crippen molar-refractivity contribution in [2.24, 2.45) is 5.73 Å². The summed E-state index contributed by atoms with van der Waals surface area (Å²) in [5.41, 5.74) is 5.65. The second-order valence-electron chi connectivity index (χ2n) is 5.21. The lowest BCUT2D eigenvalue weighted by Crippen LogP contribution is -2.41. The average molecular weight is 338 g/mol. The van der Waals surface area contributed by atoms with Gasteiger partial charge in [0.15, 0.2) is 11.4 Å². The number of carbonyl (C=O) groups is 1. The van der Waals surface area contributed by atoms with E-state index in [0.717, 1.165) is 12.1 Å². The number of amides is 1. The summed E-state index contributed by atoms with van der Waals surface area (Å²) in [6.07, 6.45) is 2.30. The van der Waals surface area contributed by atoms with Crippen LogP contribution in [0.5, 0.6) is 5.75 Å². The Morgan fingerprint density at radius 3 is 2.71 bits per heavy atom. The van der Waals surface area contributed by atoms with Crippen molar-refractivity contribution in [3.8, 4) is 11.4 Å². The van der Waals surface area contributed by atoms with E-state index >= 15 is 0 Å². The van der Waals surface area contributed by atoms with Crippen LogP contribution in [0.3, 0.4) is 0 Å². The molecule has 1 amide bonds. The Labute approximate surface area is 138 Å². The smallest absolute Gasteiger partial charge is 0.277 e. The van der Waals surface area contributed by atoms with Crippen molar-refractivity contribution >= 4 is 5.91 Å². The third-order valence-electron chi connectivity index (χ3n) is 3.18. The van der Waals surface area contributed by atoms with Crippen LogP contribution in [0.2, 0.25) is 0 Å². The summed E-state index contributed by atoms with van der Waals surface area (Å²) in [5, 5.41) is 6.31. The fourth-order valence-corrected chi connectivity index (χ4v) is 1.91. The first kappa shape index (κ1) is 17.9. The van der Waals surface area contributed by atoms with Gasteiger partial charge in [-0.3, -0.25) is 4.79 Å². The Morgan fingerprint density at radius 2 is 2.08 bits per heavy atom. The molecule has 1 aromatic carbocycles. The van der Waals surface area contributed by atoms with Crippen LogP contribution in [0.25, 0.3) is 5.69 Å². The van der Waals surface area contributed by atoms with Gasteiger partial charge in [0.25, 0.3) is 11.8 Å². The van der Waals surface area contributed by atoms with E-state index in [1.165, 1.54) is 4.68 Å². The Morgan fingerprint density at radius 1 is 1.38 bits per heavy atom. The first-order chi connectivity index (χ1) is 11.5. The molecule has 24 heavy (non-hydrogen) atoms. The Balaban J connectivity index is 2.23. The molecular formula is C16H20F2N4O2. The zero-order chi connectivity index (χ0) is 17.6. The van der Waals surface area contributed by atoms with Gasteiger partial charge in [-0.25, -0.2) is 13.5 Å². The number of nitrogens with two attached hydrogens (primary N) is 1. The topological polar surface area (TPSA) is 82.2 Å². The summed E-state index contributed by atoms with van der Waals surface area (Å²) in [6.45, 7) is 0.613. The van der Waals surface area contributed by atoms with Crippen LogP contribution in [-0.2, 0) is 0 Å². The van der Waals surface area contributed by atoms with E-state index in [1.807, 2.05) is 25.1 Å². The van der Waals surface area contributed by atoms with Crippen LogP contribution in [0.4, 0.5) is 8.78 Å². The molecule has 0 saturated heterocycles. The highest BCUT2D eigenvalue weighted by atomic mass is 19.3. The quantitative estimate of drug-likeness (QED) is 0.771. The lowest BCUT2D eigenvalue weighted by Gasteiger charge is -2.14. The first-order valence-electron chi connectivity index (χ1n) is 7.61. The minimum Gasteiger partial charge on any atom is -0.489 e. The van der Waals surface area contributed by atoms with E-state index in [1.54, 1.807) is 18.3 Å². The average Bonchev–Trinajstić information content (AvgIpc) is 3.03. The minimum atomic E-state index is -3.16. The highest BCUT2D eigenvalue weighted by Crippen LogP contribution is 2.20. The third kappa shape index (κ3) is 4.51. The number of alkyl halides is 2. The molecule has 130 valence electrons. The highest BCUT2D eigenvalue weighted by Gasteiger charge is 2.29. The number of ether oxygens (including phenoxy) is 1. The number of aromatic nitrogens is 2. The van der Waals surface area contributed by atoms with Gasteiger partial charge in [0.2, 0.25) is 0 Å². The summed E-state index contributed by atoms with van der Waals surface area (Å²) in [7, 11) is 0. The van der Waals surface area contributed by atoms with Crippen LogP contribution < -0.4 is 15.8 Å². The van der Waals surface area contributed by atoms with E-state index in [9.17, 15) is 13.6 Å². The van der Waals surface area contributed by atoms with Crippen LogP contribution in [0, 0.1) is 0 Å². The molecule has 0 unspecified atom stereocenters. The maximum absolute atomic E-state index is 13.2. The number of rotatable bonds is 8. The van der Waals surface area contributed by atoms with Crippen molar-refractivity contribution in [3.05, 3.63) is 42.2 Å². The molecule has 1 aromatic heterocycles. The summed E-state index contributed by atoms with van der Waals surface area (Å²) >= 11 is 0. The van der Waals surface area contributed by atoms with Crippen molar-refractivity contribution in [3.63, 3.8) is 0 Å². The molecule has 1 heterocycles.